The number of sulfonamides is 1. The maximum absolute atomic E-state index is 11.9. The first-order chi connectivity index (χ1) is 8.43. The molecule has 0 saturated heterocycles. The number of ether oxygens (including phenoxy) is 1. The highest BCUT2D eigenvalue weighted by molar-refractivity contribution is 7.89. The minimum Gasteiger partial charge on any atom is -0.370 e. The molecule has 0 unspecified atom stereocenters. The molecular formula is C11H16N2O4S. The SMILES string of the molecule is Cc1ccccc1S(=O)(=O)NCCOCC(N)=O. The lowest BCUT2D eigenvalue weighted by Crippen LogP contribution is -2.29. The lowest BCUT2D eigenvalue weighted by molar-refractivity contribution is -0.122. The molecule has 0 aliphatic carbocycles. The molecule has 0 fully saturated rings. The fourth-order valence-corrected chi connectivity index (χ4v) is 2.61. The quantitative estimate of drug-likeness (QED) is 0.670. The third-order valence-electron chi connectivity index (χ3n) is 2.17. The van der Waals surface area contributed by atoms with E-state index in [4.69, 9.17) is 10.5 Å². The van der Waals surface area contributed by atoms with Gasteiger partial charge in [-0.2, -0.15) is 0 Å². The molecule has 0 aliphatic rings. The predicted octanol–water partition coefficient (Wildman–Crippen LogP) is -0.225. The van der Waals surface area contributed by atoms with E-state index < -0.39 is 15.9 Å². The number of nitrogens with one attached hydrogen (secondary N) is 1. The van der Waals surface area contributed by atoms with Crippen LogP contribution in [0.4, 0.5) is 0 Å². The molecule has 0 aliphatic heterocycles. The lowest BCUT2D eigenvalue weighted by Gasteiger charge is -2.08. The molecule has 0 saturated carbocycles. The van der Waals surface area contributed by atoms with Gasteiger partial charge in [0.2, 0.25) is 15.9 Å². The number of carbonyl (C=O) groups is 1. The van der Waals surface area contributed by atoms with Crippen molar-refractivity contribution in [2.75, 3.05) is 19.8 Å². The lowest BCUT2D eigenvalue weighted by atomic mass is 10.2. The number of hydrogen-bond acceptors (Lipinski definition) is 4. The van der Waals surface area contributed by atoms with Gasteiger partial charge >= 0.3 is 0 Å². The van der Waals surface area contributed by atoms with E-state index in [2.05, 4.69) is 4.72 Å². The largest absolute Gasteiger partial charge is 0.370 e. The summed E-state index contributed by atoms with van der Waals surface area (Å²) in [5.41, 5.74) is 5.54. The highest BCUT2D eigenvalue weighted by Crippen LogP contribution is 2.13. The summed E-state index contributed by atoms with van der Waals surface area (Å²) in [6.07, 6.45) is 0. The topological polar surface area (TPSA) is 98.5 Å². The van der Waals surface area contributed by atoms with E-state index >= 15 is 0 Å². The summed E-state index contributed by atoms with van der Waals surface area (Å²) in [6, 6.07) is 6.68. The van der Waals surface area contributed by atoms with E-state index in [-0.39, 0.29) is 24.7 Å². The summed E-state index contributed by atoms with van der Waals surface area (Å²) in [5.74, 6) is -0.586. The fraction of sp³-hybridized carbons (Fsp3) is 0.364. The minimum atomic E-state index is -3.54. The molecule has 7 heteroatoms. The van der Waals surface area contributed by atoms with Crippen molar-refractivity contribution in [2.45, 2.75) is 11.8 Å². The van der Waals surface area contributed by atoms with Crippen LogP contribution in [0.3, 0.4) is 0 Å². The van der Waals surface area contributed by atoms with Crippen molar-refractivity contribution < 1.29 is 17.9 Å². The Kier molecular flexibility index (Phi) is 5.26. The van der Waals surface area contributed by atoms with E-state index in [0.717, 1.165) is 0 Å². The van der Waals surface area contributed by atoms with Crippen LogP contribution in [-0.2, 0) is 19.6 Å². The molecule has 0 atom stereocenters. The van der Waals surface area contributed by atoms with Gasteiger partial charge in [-0.1, -0.05) is 18.2 Å². The smallest absolute Gasteiger partial charge is 0.243 e. The zero-order chi connectivity index (χ0) is 13.6. The van der Waals surface area contributed by atoms with Crippen LogP contribution < -0.4 is 10.5 Å². The Morgan fingerprint density at radius 3 is 2.67 bits per heavy atom. The number of primary amides is 1. The zero-order valence-electron chi connectivity index (χ0n) is 10.0. The summed E-state index contributed by atoms with van der Waals surface area (Å²) >= 11 is 0. The Hall–Kier alpha value is -1.44. The highest BCUT2D eigenvalue weighted by Gasteiger charge is 2.15. The Morgan fingerprint density at radius 2 is 2.06 bits per heavy atom. The second-order valence-corrected chi connectivity index (χ2v) is 5.42. The number of hydrogen-bond donors (Lipinski definition) is 2. The molecule has 1 amide bonds. The Labute approximate surface area is 106 Å². The summed E-state index contributed by atoms with van der Waals surface area (Å²) in [7, 11) is -3.54. The van der Waals surface area contributed by atoms with E-state index in [9.17, 15) is 13.2 Å². The van der Waals surface area contributed by atoms with Crippen LogP contribution in [0.1, 0.15) is 5.56 Å². The first-order valence-electron chi connectivity index (χ1n) is 5.35. The number of rotatable bonds is 7. The van der Waals surface area contributed by atoms with Crippen molar-refractivity contribution in [3.05, 3.63) is 29.8 Å². The zero-order valence-corrected chi connectivity index (χ0v) is 10.9. The second-order valence-electron chi connectivity index (χ2n) is 3.68. The summed E-state index contributed by atoms with van der Waals surface area (Å²) in [6.45, 7) is 1.68. The molecule has 3 N–H and O–H groups in total. The number of aryl methyl sites for hydroxylation is 1. The van der Waals surface area contributed by atoms with E-state index in [1.165, 1.54) is 6.07 Å². The molecule has 100 valence electrons. The van der Waals surface area contributed by atoms with Gasteiger partial charge < -0.3 is 10.5 Å². The Bertz CT molecular complexity index is 514. The minimum absolute atomic E-state index is 0.0872. The average Bonchev–Trinajstić information content (AvgIpc) is 2.28. The predicted molar refractivity (Wildman–Crippen MR) is 66.4 cm³/mol. The van der Waals surface area contributed by atoms with Gasteiger partial charge in [-0.15, -0.1) is 0 Å². The third-order valence-corrected chi connectivity index (χ3v) is 3.79. The van der Waals surface area contributed by atoms with Crippen molar-refractivity contribution in [3.8, 4) is 0 Å². The Morgan fingerprint density at radius 1 is 1.39 bits per heavy atom. The first kappa shape index (κ1) is 14.6. The van der Waals surface area contributed by atoms with Crippen LogP contribution in [0.2, 0.25) is 0 Å². The molecule has 0 radical (unpaired) electrons. The van der Waals surface area contributed by atoms with E-state index in [0.29, 0.717) is 5.56 Å². The van der Waals surface area contributed by atoms with Gasteiger partial charge in [0.05, 0.1) is 11.5 Å². The molecule has 1 rings (SSSR count). The molecule has 6 nitrogen and oxygen atoms in total. The normalized spacial score (nSPS) is 11.4. The third kappa shape index (κ3) is 4.44. The number of carbonyl (C=O) groups excluding carboxylic acids is 1. The monoisotopic (exact) mass is 272 g/mol. The van der Waals surface area contributed by atoms with Crippen molar-refractivity contribution >= 4 is 15.9 Å². The van der Waals surface area contributed by atoms with Crippen molar-refractivity contribution in [3.63, 3.8) is 0 Å². The molecular weight excluding hydrogens is 256 g/mol. The van der Waals surface area contributed by atoms with Gasteiger partial charge in [-0.25, -0.2) is 13.1 Å². The molecule has 0 bridgehead atoms. The summed E-state index contributed by atoms with van der Waals surface area (Å²) < 4.78 is 31.0. The highest BCUT2D eigenvalue weighted by atomic mass is 32.2. The van der Waals surface area contributed by atoms with Crippen molar-refractivity contribution in [1.82, 2.24) is 4.72 Å². The Balaban J connectivity index is 2.51. The maximum Gasteiger partial charge on any atom is 0.243 e. The van der Waals surface area contributed by atoms with Crippen LogP contribution in [0, 0.1) is 6.92 Å². The van der Waals surface area contributed by atoms with Gasteiger partial charge in [-0.05, 0) is 18.6 Å². The summed E-state index contributed by atoms with van der Waals surface area (Å²) in [4.78, 5) is 10.6. The van der Waals surface area contributed by atoms with Gasteiger partial charge in [0.1, 0.15) is 6.61 Å². The average molecular weight is 272 g/mol. The molecule has 1 aromatic rings. The van der Waals surface area contributed by atoms with Crippen LogP contribution in [0.25, 0.3) is 0 Å². The number of amides is 1. The maximum atomic E-state index is 11.9. The first-order valence-corrected chi connectivity index (χ1v) is 6.83. The molecule has 18 heavy (non-hydrogen) atoms. The summed E-state index contributed by atoms with van der Waals surface area (Å²) in [5, 5.41) is 0. The number of benzene rings is 1. The molecule has 0 spiro atoms. The van der Waals surface area contributed by atoms with Crippen LogP contribution in [0.5, 0.6) is 0 Å². The standard InChI is InChI=1S/C11H16N2O4S/c1-9-4-2-3-5-10(9)18(15,16)13-6-7-17-8-11(12)14/h2-5,13H,6-8H2,1H3,(H2,12,14). The van der Waals surface area contributed by atoms with Crippen molar-refractivity contribution in [2.24, 2.45) is 5.73 Å². The molecule has 0 heterocycles. The van der Waals surface area contributed by atoms with Crippen LogP contribution in [0.15, 0.2) is 29.2 Å². The fourth-order valence-electron chi connectivity index (χ4n) is 1.36. The van der Waals surface area contributed by atoms with Crippen LogP contribution >= 0.6 is 0 Å². The van der Waals surface area contributed by atoms with E-state index in [1.54, 1.807) is 25.1 Å². The van der Waals surface area contributed by atoms with Gasteiger partial charge in [-0.3, -0.25) is 4.79 Å². The van der Waals surface area contributed by atoms with E-state index in [1.807, 2.05) is 0 Å². The van der Waals surface area contributed by atoms with Gasteiger partial charge in [0.25, 0.3) is 0 Å². The number of nitrogens with two attached hydrogens (primary N) is 1. The van der Waals surface area contributed by atoms with Crippen LogP contribution in [-0.4, -0.2) is 34.1 Å². The van der Waals surface area contributed by atoms with Crippen molar-refractivity contribution in [1.29, 1.82) is 0 Å². The van der Waals surface area contributed by atoms with Gasteiger partial charge in [0.15, 0.2) is 0 Å². The van der Waals surface area contributed by atoms with Gasteiger partial charge in [0, 0.05) is 6.54 Å². The molecule has 1 aromatic carbocycles. The molecule has 0 aromatic heterocycles. The second kappa shape index (κ2) is 6.48.